The van der Waals surface area contributed by atoms with Gasteiger partial charge in [-0.3, -0.25) is 0 Å². The lowest BCUT2D eigenvalue weighted by molar-refractivity contribution is -0.312. The van der Waals surface area contributed by atoms with E-state index in [4.69, 9.17) is 14.6 Å². The molecule has 4 unspecified atom stereocenters. The molecule has 0 saturated carbocycles. The molecule has 1 heterocycles. The van der Waals surface area contributed by atoms with Crippen LogP contribution >= 0.6 is 0 Å². The van der Waals surface area contributed by atoms with Crippen LogP contribution in [0.1, 0.15) is 20.8 Å². The fourth-order valence-electron chi connectivity index (χ4n) is 1.55. The SMILES string of the molecule is CC(C)C(C)O[C@@H]1OC(CO)[C@H](O)C(O)C1O. The number of ether oxygens (including phenoxy) is 2. The minimum absolute atomic E-state index is 0.170. The first-order chi connectivity index (χ1) is 7.88. The van der Waals surface area contributed by atoms with E-state index in [-0.39, 0.29) is 12.0 Å². The summed E-state index contributed by atoms with van der Waals surface area (Å²) in [6.45, 7) is 5.29. The molecule has 1 aliphatic rings. The summed E-state index contributed by atoms with van der Waals surface area (Å²) in [5, 5.41) is 37.8. The molecule has 0 aromatic rings. The Morgan fingerprint density at radius 2 is 1.65 bits per heavy atom. The summed E-state index contributed by atoms with van der Waals surface area (Å²) in [7, 11) is 0. The van der Waals surface area contributed by atoms with Gasteiger partial charge in [-0.25, -0.2) is 0 Å². The molecule has 1 rings (SSSR count). The Morgan fingerprint density at radius 1 is 1.06 bits per heavy atom. The van der Waals surface area contributed by atoms with Gasteiger partial charge >= 0.3 is 0 Å². The van der Waals surface area contributed by atoms with Crippen molar-refractivity contribution < 1.29 is 29.9 Å². The van der Waals surface area contributed by atoms with Crippen LogP contribution in [0.5, 0.6) is 0 Å². The highest BCUT2D eigenvalue weighted by Crippen LogP contribution is 2.24. The van der Waals surface area contributed by atoms with E-state index in [1.807, 2.05) is 20.8 Å². The van der Waals surface area contributed by atoms with Crippen molar-refractivity contribution in [1.82, 2.24) is 0 Å². The summed E-state index contributed by atoms with van der Waals surface area (Å²) in [6, 6.07) is 0. The second-order valence-corrected chi connectivity index (χ2v) is 4.78. The largest absolute Gasteiger partial charge is 0.394 e. The monoisotopic (exact) mass is 250 g/mol. The highest BCUT2D eigenvalue weighted by molar-refractivity contribution is 4.89. The number of hydrogen-bond acceptors (Lipinski definition) is 6. The maximum absolute atomic E-state index is 9.71. The molecule has 0 radical (unpaired) electrons. The third kappa shape index (κ3) is 3.37. The maximum Gasteiger partial charge on any atom is 0.186 e. The molecule has 0 aliphatic carbocycles. The van der Waals surface area contributed by atoms with Gasteiger partial charge in [0.1, 0.15) is 24.4 Å². The first-order valence-corrected chi connectivity index (χ1v) is 5.84. The van der Waals surface area contributed by atoms with Crippen molar-refractivity contribution in [3.63, 3.8) is 0 Å². The van der Waals surface area contributed by atoms with Crippen molar-refractivity contribution in [2.45, 2.75) is 57.6 Å². The van der Waals surface area contributed by atoms with Gasteiger partial charge in [0.05, 0.1) is 12.7 Å². The predicted octanol–water partition coefficient (Wildman–Crippen LogP) is -1.15. The first kappa shape index (κ1) is 14.8. The standard InChI is InChI=1S/C11H22O6/c1-5(2)6(3)16-11-10(15)9(14)8(13)7(4-12)17-11/h5-15H,4H2,1-3H3/t6?,7?,8-,9?,10?,11+/m0/s1. The van der Waals surface area contributed by atoms with Crippen LogP contribution in [0.15, 0.2) is 0 Å². The van der Waals surface area contributed by atoms with Crippen molar-refractivity contribution in [3.8, 4) is 0 Å². The van der Waals surface area contributed by atoms with Crippen LogP contribution in [0.3, 0.4) is 0 Å². The Bertz CT molecular complexity index is 230. The molecule has 0 aromatic carbocycles. The van der Waals surface area contributed by atoms with Crippen LogP contribution < -0.4 is 0 Å². The van der Waals surface area contributed by atoms with Crippen molar-refractivity contribution >= 4 is 0 Å². The van der Waals surface area contributed by atoms with Gasteiger partial charge in [-0.05, 0) is 12.8 Å². The van der Waals surface area contributed by atoms with E-state index < -0.39 is 37.3 Å². The third-order valence-corrected chi connectivity index (χ3v) is 3.14. The second kappa shape index (κ2) is 6.08. The predicted molar refractivity (Wildman–Crippen MR) is 59.2 cm³/mol. The number of aliphatic hydroxyl groups is 4. The van der Waals surface area contributed by atoms with Gasteiger partial charge in [-0.2, -0.15) is 0 Å². The Kier molecular flexibility index (Phi) is 5.30. The number of rotatable bonds is 4. The topological polar surface area (TPSA) is 99.4 Å². The zero-order valence-electron chi connectivity index (χ0n) is 10.4. The summed E-state index contributed by atoms with van der Waals surface area (Å²) < 4.78 is 10.7. The second-order valence-electron chi connectivity index (χ2n) is 4.78. The van der Waals surface area contributed by atoms with Crippen LogP contribution in [0, 0.1) is 5.92 Å². The minimum atomic E-state index is -1.38. The van der Waals surface area contributed by atoms with Crippen molar-refractivity contribution in [2.24, 2.45) is 5.92 Å². The van der Waals surface area contributed by atoms with Crippen LogP contribution in [-0.2, 0) is 9.47 Å². The van der Waals surface area contributed by atoms with Gasteiger partial charge < -0.3 is 29.9 Å². The molecular weight excluding hydrogens is 228 g/mol. The van der Waals surface area contributed by atoms with Crippen molar-refractivity contribution in [1.29, 1.82) is 0 Å². The molecule has 1 aliphatic heterocycles. The Labute approximate surface area is 101 Å². The molecule has 0 bridgehead atoms. The summed E-state index contributed by atoms with van der Waals surface area (Å²) in [6.07, 6.45) is -6.18. The highest BCUT2D eigenvalue weighted by atomic mass is 16.7. The van der Waals surface area contributed by atoms with E-state index in [0.29, 0.717) is 0 Å². The molecule has 4 N–H and O–H groups in total. The van der Waals surface area contributed by atoms with Gasteiger partial charge in [0.15, 0.2) is 6.29 Å². The highest BCUT2D eigenvalue weighted by Gasteiger charge is 2.44. The Balaban J connectivity index is 2.65. The van der Waals surface area contributed by atoms with E-state index in [1.54, 1.807) is 0 Å². The molecule has 1 saturated heterocycles. The molecule has 6 nitrogen and oxygen atoms in total. The van der Waals surface area contributed by atoms with E-state index in [1.165, 1.54) is 0 Å². The molecule has 6 atom stereocenters. The zero-order valence-corrected chi connectivity index (χ0v) is 10.4. The third-order valence-electron chi connectivity index (χ3n) is 3.14. The lowest BCUT2D eigenvalue weighted by Crippen LogP contribution is -2.59. The van der Waals surface area contributed by atoms with Gasteiger partial charge in [0.2, 0.25) is 0 Å². The van der Waals surface area contributed by atoms with Crippen LogP contribution in [0.2, 0.25) is 0 Å². The number of hydrogen-bond donors (Lipinski definition) is 4. The molecule has 102 valence electrons. The molecule has 1 fully saturated rings. The van der Waals surface area contributed by atoms with Crippen LogP contribution in [0.25, 0.3) is 0 Å². The fraction of sp³-hybridized carbons (Fsp3) is 1.00. The average molecular weight is 250 g/mol. The normalized spacial score (nSPS) is 40.6. The number of aliphatic hydroxyl groups excluding tert-OH is 4. The van der Waals surface area contributed by atoms with Gasteiger partial charge in [-0.15, -0.1) is 0 Å². The zero-order chi connectivity index (χ0) is 13.2. The van der Waals surface area contributed by atoms with E-state index in [9.17, 15) is 15.3 Å². The minimum Gasteiger partial charge on any atom is -0.394 e. The summed E-state index contributed by atoms with van der Waals surface area (Å²) in [4.78, 5) is 0. The average Bonchev–Trinajstić information content (AvgIpc) is 2.29. The molecular formula is C11H22O6. The first-order valence-electron chi connectivity index (χ1n) is 5.84. The Hall–Kier alpha value is -0.240. The van der Waals surface area contributed by atoms with Gasteiger partial charge in [-0.1, -0.05) is 13.8 Å². The quantitative estimate of drug-likeness (QED) is 0.503. The smallest absolute Gasteiger partial charge is 0.186 e. The Morgan fingerprint density at radius 3 is 2.12 bits per heavy atom. The lowest BCUT2D eigenvalue weighted by Gasteiger charge is -2.40. The molecule has 0 amide bonds. The van der Waals surface area contributed by atoms with E-state index in [2.05, 4.69) is 0 Å². The maximum atomic E-state index is 9.71. The molecule has 0 spiro atoms. The molecule has 17 heavy (non-hydrogen) atoms. The summed E-state index contributed by atoms with van der Waals surface area (Å²) in [5.74, 6) is 0.224. The van der Waals surface area contributed by atoms with Crippen LogP contribution in [-0.4, -0.2) is 63.8 Å². The van der Waals surface area contributed by atoms with Crippen LogP contribution in [0.4, 0.5) is 0 Å². The summed E-state index contributed by atoms with van der Waals surface area (Å²) in [5.41, 5.74) is 0. The fourth-order valence-corrected chi connectivity index (χ4v) is 1.55. The van der Waals surface area contributed by atoms with Crippen molar-refractivity contribution in [3.05, 3.63) is 0 Å². The lowest BCUT2D eigenvalue weighted by atomic mass is 9.99. The summed E-state index contributed by atoms with van der Waals surface area (Å²) >= 11 is 0. The van der Waals surface area contributed by atoms with Gasteiger partial charge in [0, 0.05) is 0 Å². The van der Waals surface area contributed by atoms with E-state index in [0.717, 1.165) is 0 Å². The van der Waals surface area contributed by atoms with E-state index >= 15 is 0 Å². The molecule has 6 heteroatoms. The molecule has 0 aromatic heterocycles. The van der Waals surface area contributed by atoms with Gasteiger partial charge in [0.25, 0.3) is 0 Å². The van der Waals surface area contributed by atoms with Crippen molar-refractivity contribution in [2.75, 3.05) is 6.61 Å².